The van der Waals surface area contributed by atoms with Gasteiger partial charge < -0.3 is 8.92 Å². The molecule has 0 radical (unpaired) electrons. The van der Waals surface area contributed by atoms with E-state index in [0.717, 1.165) is 12.1 Å². The van der Waals surface area contributed by atoms with Crippen molar-refractivity contribution in [2.24, 2.45) is 0 Å². The van der Waals surface area contributed by atoms with Gasteiger partial charge in [-0.05, 0) is 38.1 Å². The summed E-state index contributed by atoms with van der Waals surface area (Å²) >= 11 is 0. The average Bonchev–Trinajstić information content (AvgIpc) is 2.90. The number of ether oxygens (including phenoxy) is 1. The van der Waals surface area contributed by atoms with Crippen LogP contribution < -0.4 is 8.92 Å². The van der Waals surface area contributed by atoms with Crippen molar-refractivity contribution in [2.45, 2.75) is 25.3 Å². The zero-order valence-electron chi connectivity index (χ0n) is 14.9. The third-order valence-electron chi connectivity index (χ3n) is 3.98. The normalized spacial score (nSPS) is 11.4. The molecule has 0 unspecified atom stereocenters. The van der Waals surface area contributed by atoms with Crippen molar-refractivity contribution >= 4 is 10.1 Å². The van der Waals surface area contributed by atoms with Crippen molar-refractivity contribution in [3.05, 3.63) is 71.7 Å². The third-order valence-corrected chi connectivity index (χ3v) is 5.23. The van der Waals surface area contributed by atoms with Crippen LogP contribution in [-0.2, 0) is 16.7 Å². The van der Waals surface area contributed by atoms with Crippen LogP contribution in [0, 0.1) is 19.7 Å². The Morgan fingerprint density at radius 3 is 2.41 bits per heavy atom. The van der Waals surface area contributed by atoms with E-state index < -0.39 is 20.8 Å². The highest BCUT2D eigenvalue weighted by molar-refractivity contribution is 7.87. The highest BCUT2D eigenvalue weighted by Gasteiger charge is 2.25. The van der Waals surface area contributed by atoms with Gasteiger partial charge in [0.05, 0.1) is 12.2 Å². The highest BCUT2D eigenvalue weighted by Crippen LogP contribution is 2.26. The van der Waals surface area contributed by atoms with Crippen LogP contribution in [0.4, 0.5) is 4.39 Å². The van der Waals surface area contributed by atoms with Crippen LogP contribution in [0.15, 0.2) is 59.5 Å². The molecular formula is C19H19FN2O4S. The van der Waals surface area contributed by atoms with E-state index in [1.54, 1.807) is 13.8 Å². The standard InChI is InChI=1S/C19H19FN2O4S/c1-14-15(2)21-22(12-13-25-16-8-4-3-5-9-16)19(14)26-27(23,24)18-11-7-6-10-17(18)20/h3-11H,12-13H2,1-2H3. The molecule has 3 aromatic rings. The first kappa shape index (κ1) is 18.9. The van der Waals surface area contributed by atoms with Crippen molar-refractivity contribution in [2.75, 3.05) is 6.61 Å². The van der Waals surface area contributed by atoms with Crippen molar-refractivity contribution in [1.82, 2.24) is 9.78 Å². The second-order valence-electron chi connectivity index (χ2n) is 5.87. The third kappa shape index (κ3) is 4.28. The maximum atomic E-state index is 13.9. The summed E-state index contributed by atoms with van der Waals surface area (Å²) in [5, 5.41) is 4.30. The Morgan fingerprint density at radius 2 is 1.70 bits per heavy atom. The number of aryl methyl sites for hydroxylation is 1. The minimum Gasteiger partial charge on any atom is -0.492 e. The summed E-state index contributed by atoms with van der Waals surface area (Å²) < 4.78 is 51.1. The summed E-state index contributed by atoms with van der Waals surface area (Å²) in [4.78, 5) is -0.518. The van der Waals surface area contributed by atoms with Crippen molar-refractivity contribution in [1.29, 1.82) is 0 Å². The van der Waals surface area contributed by atoms with Crippen LogP contribution in [0.25, 0.3) is 0 Å². The zero-order chi connectivity index (χ0) is 19.4. The fourth-order valence-corrected chi connectivity index (χ4v) is 3.53. The van der Waals surface area contributed by atoms with Gasteiger partial charge in [0.1, 0.15) is 23.1 Å². The molecule has 3 rings (SSSR count). The molecule has 0 fully saturated rings. The predicted octanol–water partition coefficient (Wildman–Crippen LogP) is 3.49. The summed E-state index contributed by atoms with van der Waals surface area (Å²) in [5.41, 5.74) is 1.18. The number of hydrogen-bond acceptors (Lipinski definition) is 5. The topological polar surface area (TPSA) is 70.4 Å². The quantitative estimate of drug-likeness (QED) is 0.578. The molecule has 6 nitrogen and oxygen atoms in total. The molecule has 8 heteroatoms. The Bertz CT molecular complexity index is 1030. The first-order chi connectivity index (χ1) is 12.9. The highest BCUT2D eigenvalue weighted by atomic mass is 32.2. The SMILES string of the molecule is Cc1nn(CCOc2ccccc2)c(OS(=O)(=O)c2ccccc2F)c1C. The minimum atomic E-state index is -4.33. The minimum absolute atomic E-state index is 0.0485. The lowest BCUT2D eigenvalue weighted by Gasteiger charge is -2.11. The molecule has 0 aliphatic heterocycles. The van der Waals surface area contributed by atoms with Gasteiger partial charge in [-0.3, -0.25) is 0 Å². The van der Waals surface area contributed by atoms with Gasteiger partial charge in [-0.15, -0.1) is 0 Å². The molecule has 2 aromatic carbocycles. The number of benzene rings is 2. The molecule has 0 aliphatic carbocycles. The van der Waals surface area contributed by atoms with Crippen LogP contribution >= 0.6 is 0 Å². The first-order valence-corrected chi connectivity index (χ1v) is 9.70. The van der Waals surface area contributed by atoms with Gasteiger partial charge in [-0.1, -0.05) is 30.3 Å². The predicted molar refractivity (Wildman–Crippen MR) is 97.9 cm³/mol. The largest absolute Gasteiger partial charge is 0.492 e. The summed E-state index contributed by atoms with van der Waals surface area (Å²) in [7, 11) is -4.33. The van der Waals surface area contributed by atoms with Crippen LogP contribution in [0.3, 0.4) is 0 Å². The first-order valence-electron chi connectivity index (χ1n) is 8.29. The summed E-state index contributed by atoms with van der Waals surface area (Å²) in [5.74, 6) is -0.127. The maximum absolute atomic E-state index is 13.9. The van der Waals surface area contributed by atoms with Gasteiger partial charge >= 0.3 is 10.1 Å². The smallest absolute Gasteiger partial charge is 0.343 e. The van der Waals surface area contributed by atoms with E-state index in [-0.39, 0.29) is 19.0 Å². The lowest BCUT2D eigenvalue weighted by atomic mass is 10.3. The Kier molecular flexibility index (Phi) is 5.46. The number of nitrogens with zero attached hydrogens (tertiary/aromatic N) is 2. The lowest BCUT2D eigenvalue weighted by Crippen LogP contribution is -2.17. The van der Waals surface area contributed by atoms with Gasteiger partial charge in [-0.2, -0.15) is 13.5 Å². The summed E-state index contributed by atoms with van der Waals surface area (Å²) in [6.45, 7) is 3.97. The maximum Gasteiger partial charge on any atom is 0.343 e. The van der Waals surface area contributed by atoms with Crippen molar-refractivity contribution in [3.8, 4) is 11.6 Å². The van der Waals surface area contributed by atoms with Gasteiger partial charge in [0, 0.05) is 5.56 Å². The Hall–Kier alpha value is -2.87. The van der Waals surface area contributed by atoms with Crippen LogP contribution in [0.5, 0.6) is 11.6 Å². The van der Waals surface area contributed by atoms with E-state index in [2.05, 4.69) is 5.10 Å². The molecule has 0 atom stereocenters. The molecule has 0 N–H and O–H groups in total. The Balaban J connectivity index is 1.80. The number of aromatic nitrogens is 2. The summed E-state index contributed by atoms with van der Waals surface area (Å²) in [6.07, 6.45) is 0. The van der Waals surface area contributed by atoms with Gasteiger partial charge in [-0.25, -0.2) is 9.07 Å². The Labute approximate surface area is 157 Å². The fraction of sp³-hybridized carbons (Fsp3) is 0.211. The molecule has 142 valence electrons. The molecule has 0 saturated carbocycles. The van der Waals surface area contributed by atoms with Gasteiger partial charge in [0.2, 0.25) is 5.88 Å². The molecule has 0 saturated heterocycles. The molecule has 1 heterocycles. The van der Waals surface area contributed by atoms with Gasteiger partial charge in [0.25, 0.3) is 0 Å². The second kappa shape index (κ2) is 7.79. The van der Waals surface area contributed by atoms with Crippen molar-refractivity contribution in [3.63, 3.8) is 0 Å². The number of rotatable bonds is 7. The molecular weight excluding hydrogens is 371 g/mol. The van der Waals surface area contributed by atoms with E-state index in [1.165, 1.54) is 16.8 Å². The zero-order valence-corrected chi connectivity index (χ0v) is 15.7. The molecule has 1 aromatic heterocycles. The molecule has 0 amide bonds. The van der Waals surface area contributed by atoms with Crippen LogP contribution in [-0.4, -0.2) is 24.8 Å². The fourth-order valence-electron chi connectivity index (χ4n) is 2.47. The molecule has 0 aliphatic rings. The average molecular weight is 390 g/mol. The summed E-state index contributed by atoms with van der Waals surface area (Å²) in [6, 6.07) is 14.3. The second-order valence-corrected chi connectivity index (χ2v) is 7.38. The van der Waals surface area contributed by atoms with Crippen LogP contribution in [0.2, 0.25) is 0 Å². The molecule has 0 bridgehead atoms. The van der Waals surface area contributed by atoms with E-state index in [9.17, 15) is 12.8 Å². The van der Waals surface area contributed by atoms with E-state index in [1.807, 2.05) is 30.3 Å². The van der Waals surface area contributed by atoms with E-state index in [4.69, 9.17) is 8.92 Å². The molecule has 0 spiro atoms. The van der Waals surface area contributed by atoms with Crippen molar-refractivity contribution < 1.29 is 21.7 Å². The lowest BCUT2D eigenvalue weighted by molar-refractivity contribution is 0.283. The monoisotopic (exact) mass is 390 g/mol. The van der Waals surface area contributed by atoms with Gasteiger partial charge in [0.15, 0.2) is 0 Å². The van der Waals surface area contributed by atoms with Crippen LogP contribution in [0.1, 0.15) is 11.3 Å². The Morgan fingerprint density at radius 1 is 1.04 bits per heavy atom. The van der Waals surface area contributed by atoms with E-state index >= 15 is 0 Å². The van der Waals surface area contributed by atoms with E-state index in [0.29, 0.717) is 17.0 Å². The molecule has 27 heavy (non-hydrogen) atoms. The number of hydrogen-bond donors (Lipinski definition) is 0. The number of para-hydroxylation sites is 1. The number of halogens is 1.